The van der Waals surface area contributed by atoms with Crippen molar-refractivity contribution in [2.45, 2.75) is 12.6 Å². The lowest BCUT2D eigenvalue weighted by Crippen LogP contribution is -2.32. The minimum absolute atomic E-state index is 0.228. The van der Waals surface area contributed by atoms with Crippen LogP contribution in [0.4, 0.5) is 4.39 Å². The molecule has 4 aromatic rings. The first-order valence-corrected chi connectivity index (χ1v) is 10.3. The van der Waals surface area contributed by atoms with Gasteiger partial charge in [-0.2, -0.15) is 0 Å². The molecule has 162 valence electrons. The Balaban J connectivity index is 1.65. The number of hydrogen-bond acceptors (Lipinski definition) is 3. The molecule has 0 aliphatic heterocycles. The Bertz CT molecular complexity index is 1330. The van der Waals surface area contributed by atoms with Crippen LogP contribution in [-0.4, -0.2) is 20.0 Å². The molecule has 1 atom stereocenters. The van der Waals surface area contributed by atoms with Gasteiger partial charge in [0.1, 0.15) is 17.7 Å². The molecule has 8 heteroatoms. The van der Waals surface area contributed by atoms with Gasteiger partial charge < -0.3 is 14.5 Å². The van der Waals surface area contributed by atoms with Crippen molar-refractivity contribution in [2.24, 2.45) is 7.05 Å². The first kappa shape index (κ1) is 21.5. The highest BCUT2D eigenvalue weighted by Gasteiger charge is 2.22. The number of nitrogens with one attached hydrogen (secondary N) is 1. The zero-order valence-corrected chi connectivity index (χ0v) is 18.0. The van der Waals surface area contributed by atoms with E-state index >= 15 is 0 Å². The van der Waals surface area contributed by atoms with Crippen LogP contribution in [0.25, 0.3) is 0 Å². The molecule has 0 aliphatic rings. The summed E-state index contributed by atoms with van der Waals surface area (Å²) in [5.41, 5.74) is 1.34. The number of benzene rings is 2. The zero-order chi connectivity index (χ0) is 22.7. The van der Waals surface area contributed by atoms with Crippen molar-refractivity contribution in [1.82, 2.24) is 19.4 Å². The van der Waals surface area contributed by atoms with Crippen molar-refractivity contribution in [3.8, 4) is 0 Å². The van der Waals surface area contributed by atoms with Gasteiger partial charge in [-0.25, -0.2) is 9.37 Å². The summed E-state index contributed by atoms with van der Waals surface area (Å²) in [6, 6.07) is 15.3. The molecule has 2 aromatic carbocycles. The van der Waals surface area contributed by atoms with Gasteiger partial charge >= 0.3 is 0 Å². The highest BCUT2D eigenvalue weighted by molar-refractivity contribution is 6.31. The summed E-state index contributed by atoms with van der Waals surface area (Å²) in [5.74, 6) is -0.284. The Labute approximate surface area is 188 Å². The number of carbonyl (C=O) groups is 1. The smallest absolute Gasteiger partial charge is 0.253 e. The number of imidazole rings is 1. The third kappa shape index (κ3) is 4.63. The Morgan fingerprint density at radius 3 is 2.69 bits per heavy atom. The number of hydrogen-bond donors (Lipinski definition) is 1. The predicted molar refractivity (Wildman–Crippen MR) is 120 cm³/mol. The second-order valence-electron chi connectivity index (χ2n) is 7.33. The summed E-state index contributed by atoms with van der Waals surface area (Å²) >= 11 is 6.22. The Morgan fingerprint density at radius 1 is 1.16 bits per heavy atom. The summed E-state index contributed by atoms with van der Waals surface area (Å²) in [6.07, 6.45) is 4.84. The maximum absolute atomic E-state index is 13.9. The summed E-state index contributed by atoms with van der Waals surface area (Å²) in [7, 11) is 1.80. The van der Waals surface area contributed by atoms with Gasteiger partial charge in [0.25, 0.3) is 11.5 Å². The molecule has 1 amide bonds. The van der Waals surface area contributed by atoms with Crippen LogP contribution in [0.3, 0.4) is 0 Å². The average molecular weight is 451 g/mol. The second kappa shape index (κ2) is 9.20. The maximum Gasteiger partial charge on any atom is 0.253 e. The number of rotatable bonds is 6. The third-order valence-corrected chi connectivity index (χ3v) is 5.49. The first-order valence-electron chi connectivity index (χ1n) is 9.90. The van der Waals surface area contributed by atoms with E-state index in [4.69, 9.17) is 11.6 Å². The molecule has 2 heterocycles. The van der Waals surface area contributed by atoms with Crippen LogP contribution in [0.5, 0.6) is 0 Å². The summed E-state index contributed by atoms with van der Waals surface area (Å²) in [5, 5.41) is 3.45. The topological polar surface area (TPSA) is 68.9 Å². The number of aryl methyl sites for hydroxylation is 1. The number of aromatic nitrogens is 3. The van der Waals surface area contributed by atoms with E-state index in [1.165, 1.54) is 35.0 Å². The largest absolute Gasteiger partial charge is 0.338 e. The van der Waals surface area contributed by atoms with Crippen LogP contribution in [-0.2, 0) is 13.6 Å². The normalized spacial score (nSPS) is 11.8. The van der Waals surface area contributed by atoms with Crippen molar-refractivity contribution in [2.75, 3.05) is 0 Å². The van der Waals surface area contributed by atoms with Gasteiger partial charge in [-0.05, 0) is 35.4 Å². The van der Waals surface area contributed by atoms with E-state index in [0.717, 1.165) is 5.56 Å². The van der Waals surface area contributed by atoms with E-state index in [1.807, 2.05) is 18.2 Å². The zero-order valence-electron chi connectivity index (χ0n) is 17.2. The van der Waals surface area contributed by atoms with Crippen LogP contribution in [0.1, 0.15) is 33.4 Å². The number of pyridine rings is 1. The number of nitrogens with zero attached hydrogens (tertiary/aromatic N) is 3. The fourth-order valence-corrected chi connectivity index (χ4v) is 3.65. The lowest BCUT2D eigenvalue weighted by atomic mass is 10.1. The number of halogens is 2. The highest BCUT2D eigenvalue weighted by Crippen LogP contribution is 2.22. The van der Waals surface area contributed by atoms with E-state index in [1.54, 1.807) is 42.2 Å². The second-order valence-corrected chi connectivity index (χ2v) is 7.74. The number of amides is 1. The molecule has 32 heavy (non-hydrogen) atoms. The van der Waals surface area contributed by atoms with Gasteiger partial charge in [0.15, 0.2) is 0 Å². The minimum Gasteiger partial charge on any atom is -0.338 e. The molecule has 0 saturated carbocycles. The monoisotopic (exact) mass is 450 g/mol. The molecule has 1 N–H and O–H groups in total. The molecule has 1 unspecified atom stereocenters. The Hall–Kier alpha value is -3.71. The fourth-order valence-electron chi connectivity index (χ4n) is 3.45. The minimum atomic E-state index is -0.679. The summed E-state index contributed by atoms with van der Waals surface area (Å²) < 4.78 is 17.1. The van der Waals surface area contributed by atoms with Crippen LogP contribution in [0.15, 0.2) is 84.0 Å². The van der Waals surface area contributed by atoms with Crippen LogP contribution in [0.2, 0.25) is 5.02 Å². The van der Waals surface area contributed by atoms with Gasteiger partial charge in [0.05, 0.1) is 12.1 Å². The van der Waals surface area contributed by atoms with Crippen LogP contribution >= 0.6 is 11.6 Å². The molecule has 0 radical (unpaired) electrons. The van der Waals surface area contributed by atoms with Crippen LogP contribution in [0, 0.1) is 5.82 Å². The van der Waals surface area contributed by atoms with E-state index in [9.17, 15) is 14.0 Å². The van der Waals surface area contributed by atoms with E-state index in [2.05, 4.69) is 10.3 Å². The van der Waals surface area contributed by atoms with Crippen molar-refractivity contribution < 1.29 is 9.18 Å². The first-order chi connectivity index (χ1) is 15.4. The highest BCUT2D eigenvalue weighted by atomic mass is 35.5. The summed E-state index contributed by atoms with van der Waals surface area (Å²) in [6.45, 7) is 0.228. The number of carbonyl (C=O) groups excluding carboxylic acids is 1. The maximum atomic E-state index is 13.9. The van der Waals surface area contributed by atoms with Gasteiger partial charge in [0.2, 0.25) is 0 Å². The molecule has 0 saturated heterocycles. The van der Waals surface area contributed by atoms with Crippen molar-refractivity contribution in [1.29, 1.82) is 0 Å². The molecule has 2 aromatic heterocycles. The Morgan fingerprint density at radius 2 is 1.97 bits per heavy atom. The standard InChI is InChI=1S/C24H20ClFN4O2/c1-29-12-11-27-23(29)22(16-6-4-7-19(26)13-16)28-24(32)18-9-10-21(31)30(15-18)14-17-5-2-3-8-20(17)25/h2-13,15,22H,14H2,1H3,(H,28,32). The third-order valence-electron chi connectivity index (χ3n) is 5.12. The quantitative estimate of drug-likeness (QED) is 0.483. The molecule has 0 bridgehead atoms. The van der Waals surface area contributed by atoms with Crippen molar-refractivity contribution in [3.05, 3.63) is 123 Å². The molecule has 4 rings (SSSR count). The van der Waals surface area contributed by atoms with E-state index in [0.29, 0.717) is 16.4 Å². The van der Waals surface area contributed by atoms with Crippen LogP contribution < -0.4 is 10.9 Å². The fraction of sp³-hybridized carbons (Fsp3) is 0.125. The predicted octanol–water partition coefficient (Wildman–Crippen LogP) is 3.94. The molecule has 0 spiro atoms. The molecular weight excluding hydrogens is 431 g/mol. The lowest BCUT2D eigenvalue weighted by Gasteiger charge is -2.19. The molecule has 6 nitrogen and oxygen atoms in total. The van der Waals surface area contributed by atoms with E-state index < -0.39 is 17.8 Å². The molecular formula is C24H20ClFN4O2. The van der Waals surface area contributed by atoms with Gasteiger partial charge in [-0.15, -0.1) is 0 Å². The van der Waals surface area contributed by atoms with Crippen molar-refractivity contribution >= 4 is 17.5 Å². The lowest BCUT2D eigenvalue weighted by molar-refractivity contribution is 0.0940. The molecule has 0 fully saturated rings. The SMILES string of the molecule is Cn1ccnc1C(NC(=O)c1ccc(=O)n(Cc2ccccc2Cl)c1)c1cccc(F)c1. The average Bonchev–Trinajstić information content (AvgIpc) is 3.20. The molecule has 0 aliphatic carbocycles. The summed E-state index contributed by atoms with van der Waals surface area (Å²) in [4.78, 5) is 29.8. The van der Waals surface area contributed by atoms with Gasteiger partial charge in [-0.3, -0.25) is 9.59 Å². The van der Waals surface area contributed by atoms with E-state index in [-0.39, 0.29) is 17.7 Å². The van der Waals surface area contributed by atoms with Crippen molar-refractivity contribution in [3.63, 3.8) is 0 Å². The van der Waals surface area contributed by atoms with Gasteiger partial charge in [0, 0.05) is 36.7 Å². The van der Waals surface area contributed by atoms with Gasteiger partial charge in [-0.1, -0.05) is 41.9 Å². The Kier molecular flexibility index (Phi) is 6.18.